The summed E-state index contributed by atoms with van der Waals surface area (Å²) in [6.45, 7) is 1.78. The molecule has 30 heavy (non-hydrogen) atoms. The van der Waals surface area contributed by atoms with Crippen molar-refractivity contribution in [2.24, 2.45) is 5.73 Å². The summed E-state index contributed by atoms with van der Waals surface area (Å²) in [5.74, 6) is 0.730. The molecule has 2 aliphatic heterocycles. The molecule has 2 atom stereocenters. The van der Waals surface area contributed by atoms with Crippen molar-refractivity contribution in [3.05, 3.63) is 54.4 Å². The van der Waals surface area contributed by atoms with Crippen LogP contribution in [-0.2, 0) is 16.4 Å². The maximum absolute atomic E-state index is 12.7. The Labute approximate surface area is 174 Å². The number of hydrogen-bond donors (Lipinski definition) is 2. The number of sulfone groups is 1. The number of anilines is 2. The van der Waals surface area contributed by atoms with Gasteiger partial charge in [0, 0.05) is 56.1 Å². The van der Waals surface area contributed by atoms with E-state index in [1.165, 1.54) is 0 Å². The lowest BCUT2D eigenvalue weighted by Crippen LogP contribution is -2.32. The molecule has 9 heteroatoms. The van der Waals surface area contributed by atoms with Crippen LogP contribution in [0.4, 0.5) is 11.5 Å². The second kappa shape index (κ2) is 7.19. The van der Waals surface area contributed by atoms with Gasteiger partial charge < -0.3 is 20.6 Å². The van der Waals surface area contributed by atoms with Gasteiger partial charge in [0.25, 0.3) is 0 Å². The van der Waals surface area contributed by atoms with Crippen LogP contribution >= 0.6 is 0 Å². The highest BCUT2D eigenvalue weighted by molar-refractivity contribution is 7.91. The number of aliphatic hydroxyl groups is 1. The summed E-state index contributed by atoms with van der Waals surface area (Å²) < 4.78 is 25.5. The minimum atomic E-state index is -3.34. The van der Waals surface area contributed by atoms with Crippen molar-refractivity contribution in [2.45, 2.75) is 23.6 Å². The summed E-state index contributed by atoms with van der Waals surface area (Å²) in [6.07, 6.45) is 2.86. The van der Waals surface area contributed by atoms with Crippen LogP contribution in [0.15, 0.2) is 53.7 Å². The van der Waals surface area contributed by atoms with Gasteiger partial charge in [-0.05, 0) is 17.7 Å². The SMILES string of the molecule is N[C@H]1CN(c2cc(N3CCS(=O)(=O)c4ccccc4C3)nc3ccncc23)C[C@@H]1O. The lowest BCUT2D eigenvalue weighted by atomic mass is 10.2. The van der Waals surface area contributed by atoms with E-state index in [-0.39, 0.29) is 11.8 Å². The molecule has 0 unspecified atom stereocenters. The second-order valence-electron chi connectivity index (χ2n) is 7.88. The highest BCUT2D eigenvalue weighted by atomic mass is 32.2. The first-order valence-corrected chi connectivity index (χ1v) is 11.6. The topological polar surface area (TPSA) is 113 Å². The third-order valence-corrected chi connectivity index (χ3v) is 7.66. The number of β-amino-alcohol motifs (C(OH)–C–C–N with tert-alkyl or cyclic N) is 1. The predicted octanol–water partition coefficient (Wildman–Crippen LogP) is 0.932. The van der Waals surface area contributed by atoms with E-state index in [4.69, 9.17) is 10.7 Å². The fraction of sp³-hybridized carbons (Fsp3) is 0.333. The quantitative estimate of drug-likeness (QED) is 0.624. The highest BCUT2D eigenvalue weighted by Gasteiger charge is 2.31. The Bertz CT molecular complexity index is 1210. The Morgan fingerprint density at radius 1 is 1.13 bits per heavy atom. The summed E-state index contributed by atoms with van der Waals surface area (Å²) in [6, 6.07) is 10.6. The van der Waals surface area contributed by atoms with Crippen LogP contribution < -0.4 is 15.5 Å². The van der Waals surface area contributed by atoms with Crippen molar-refractivity contribution >= 4 is 32.2 Å². The summed E-state index contributed by atoms with van der Waals surface area (Å²) in [5, 5.41) is 11.0. The Kier molecular flexibility index (Phi) is 4.61. The van der Waals surface area contributed by atoms with E-state index < -0.39 is 15.9 Å². The first-order valence-electron chi connectivity index (χ1n) is 9.91. The number of nitrogens with two attached hydrogens (primary N) is 1. The number of hydrogen-bond acceptors (Lipinski definition) is 8. The van der Waals surface area contributed by atoms with Gasteiger partial charge in [-0.25, -0.2) is 13.4 Å². The van der Waals surface area contributed by atoms with Gasteiger partial charge in [0.2, 0.25) is 0 Å². The number of benzene rings is 1. The van der Waals surface area contributed by atoms with Gasteiger partial charge in [0.15, 0.2) is 9.84 Å². The minimum absolute atomic E-state index is 0.0305. The third-order valence-electron chi connectivity index (χ3n) is 5.87. The minimum Gasteiger partial charge on any atom is -0.390 e. The molecule has 0 saturated carbocycles. The molecule has 1 saturated heterocycles. The van der Waals surface area contributed by atoms with E-state index in [0.717, 1.165) is 22.2 Å². The number of aromatic nitrogens is 2. The lowest BCUT2D eigenvalue weighted by molar-refractivity contribution is 0.180. The maximum atomic E-state index is 12.7. The lowest BCUT2D eigenvalue weighted by Gasteiger charge is -2.26. The van der Waals surface area contributed by atoms with Crippen molar-refractivity contribution in [1.29, 1.82) is 0 Å². The summed E-state index contributed by atoms with van der Waals surface area (Å²) in [4.78, 5) is 13.5. The van der Waals surface area contributed by atoms with Crippen LogP contribution in [0.25, 0.3) is 10.9 Å². The molecule has 1 aromatic carbocycles. The van der Waals surface area contributed by atoms with Gasteiger partial charge in [0.05, 0.1) is 28.0 Å². The van der Waals surface area contributed by atoms with Crippen LogP contribution in [0.3, 0.4) is 0 Å². The van der Waals surface area contributed by atoms with Crippen molar-refractivity contribution in [1.82, 2.24) is 9.97 Å². The van der Waals surface area contributed by atoms with Gasteiger partial charge in [-0.15, -0.1) is 0 Å². The van der Waals surface area contributed by atoms with Crippen LogP contribution in [-0.4, -0.2) is 61.0 Å². The number of aliphatic hydroxyl groups excluding tert-OH is 1. The zero-order chi connectivity index (χ0) is 20.9. The molecule has 156 valence electrons. The molecule has 3 N–H and O–H groups in total. The average Bonchev–Trinajstić information content (AvgIpc) is 3.01. The molecular weight excluding hydrogens is 402 g/mol. The second-order valence-corrected chi connectivity index (χ2v) is 9.95. The molecule has 3 aromatic rings. The van der Waals surface area contributed by atoms with Crippen LogP contribution in [0.5, 0.6) is 0 Å². The van der Waals surface area contributed by atoms with Gasteiger partial charge >= 0.3 is 0 Å². The average molecular weight is 426 g/mol. The van der Waals surface area contributed by atoms with E-state index in [2.05, 4.69) is 4.98 Å². The Morgan fingerprint density at radius 3 is 2.77 bits per heavy atom. The van der Waals surface area contributed by atoms with Gasteiger partial charge in [-0.3, -0.25) is 4.98 Å². The third kappa shape index (κ3) is 3.28. The molecule has 0 bridgehead atoms. The van der Waals surface area contributed by atoms with Gasteiger partial charge in [-0.2, -0.15) is 0 Å². The normalized spacial score (nSPS) is 23.4. The number of nitrogens with zero attached hydrogens (tertiary/aromatic N) is 4. The Balaban J connectivity index is 1.60. The van der Waals surface area contributed by atoms with E-state index >= 15 is 0 Å². The predicted molar refractivity (Wildman–Crippen MR) is 115 cm³/mol. The summed E-state index contributed by atoms with van der Waals surface area (Å²) >= 11 is 0. The van der Waals surface area contributed by atoms with E-state index in [1.54, 1.807) is 24.5 Å². The fourth-order valence-electron chi connectivity index (χ4n) is 4.23. The van der Waals surface area contributed by atoms with Crippen molar-refractivity contribution < 1.29 is 13.5 Å². The highest BCUT2D eigenvalue weighted by Crippen LogP contribution is 2.33. The van der Waals surface area contributed by atoms with E-state index in [9.17, 15) is 13.5 Å². The monoisotopic (exact) mass is 425 g/mol. The summed E-state index contributed by atoms with van der Waals surface area (Å²) in [7, 11) is -3.34. The van der Waals surface area contributed by atoms with E-state index in [1.807, 2.05) is 34.1 Å². The zero-order valence-electron chi connectivity index (χ0n) is 16.3. The molecule has 4 heterocycles. The molecule has 0 spiro atoms. The molecule has 0 aliphatic carbocycles. The maximum Gasteiger partial charge on any atom is 0.180 e. The van der Waals surface area contributed by atoms with Crippen LogP contribution in [0, 0.1) is 0 Å². The largest absolute Gasteiger partial charge is 0.390 e. The standard InChI is InChI=1S/C21H23N5O3S/c22-16-12-26(13-19(16)27)18-9-21(24-17-5-6-23-10-15(17)18)25-7-8-30(28,29)20-4-2-1-3-14(20)11-25/h1-6,9-10,16,19,27H,7-8,11-13,22H2/t16-,19-/m0/s1. The molecule has 0 amide bonds. The molecule has 2 aliphatic rings. The number of pyridine rings is 2. The summed E-state index contributed by atoms with van der Waals surface area (Å²) in [5.41, 5.74) is 8.47. The zero-order valence-corrected chi connectivity index (χ0v) is 17.2. The first-order chi connectivity index (χ1) is 14.4. The Hall–Kier alpha value is -2.75. The van der Waals surface area contributed by atoms with Crippen LogP contribution in [0.2, 0.25) is 0 Å². The van der Waals surface area contributed by atoms with Crippen molar-refractivity contribution in [2.75, 3.05) is 35.2 Å². The smallest absolute Gasteiger partial charge is 0.180 e. The van der Waals surface area contributed by atoms with Crippen molar-refractivity contribution in [3.63, 3.8) is 0 Å². The molecule has 8 nitrogen and oxygen atoms in total. The first kappa shape index (κ1) is 19.2. The number of fused-ring (bicyclic) bond motifs is 2. The number of rotatable bonds is 2. The van der Waals surface area contributed by atoms with Gasteiger partial charge in [0.1, 0.15) is 5.82 Å². The van der Waals surface area contributed by atoms with Crippen molar-refractivity contribution in [3.8, 4) is 0 Å². The molecule has 5 rings (SSSR count). The van der Waals surface area contributed by atoms with Gasteiger partial charge in [-0.1, -0.05) is 18.2 Å². The van der Waals surface area contributed by atoms with Crippen LogP contribution in [0.1, 0.15) is 5.56 Å². The molecule has 2 aromatic heterocycles. The fourth-order valence-corrected chi connectivity index (χ4v) is 5.73. The Morgan fingerprint density at radius 2 is 1.97 bits per heavy atom. The van der Waals surface area contributed by atoms with E-state index in [0.29, 0.717) is 36.9 Å². The molecule has 1 fully saturated rings. The molecular formula is C21H23N5O3S. The molecule has 0 radical (unpaired) electrons.